The molecule has 2 N–H and O–H groups in total. The SMILES string of the molecule is CCN(CCC(=O)O)C(=O)N1CCCN(CCO)CC1. The van der Waals surface area contributed by atoms with Crippen molar-refractivity contribution in [1.29, 1.82) is 0 Å². The molecule has 20 heavy (non-hydrogen) atoms. The standard InChI is InChI=1S/C13H25N3O4/c1-2-15(7-4-12(18)19)13(20)16-6-3-5-14(8-9-16)10-11-17/h17H,2-11H2,1H3,(H,18,19). The highest BCUT2D eigenvalue weighted by Crippen LogP contribution is 2.07. The van der Waals surface area contributed by atoms with Crippen LogP contribution in [0.25, 0.3) is 0 Å². The fourth-order valence-electron chi connectivity index (χ4n) is 2.35. The van der Waals surface area contributed by atoms with Crippen molar-refractivity contribution in [2.45, 2.75) is 19.8 Å². The normalized spacial score (nSPS) is 16.8. The summed E-state index contributed by atoms with van der Waals surface area (Å²) in [4.78, 5) is 28.5. The summed E-state index contributed by atoms with van der Waals surface area (Å²) in [5, 5.41) is 17.7. The number of nitrogens with zero attached hydrogens (tertiary/aromatic N) is 3. The minimum atomic E-state index is -0.888. The first-order chi connectivity index (χ1) is 9.58. The Labute approximate surface area is 119 Å². The second-order valence-electron chi connectivity index (χ2n) is 4.91. The summed E-state index contributed by atoms with van der Waals surface area (Å²) < 4.78 is 0. The third kappa shape index (κ3) is 5.34. The second-order valence-corrected chi connectivity index (χ2v) is 4.91. The number of amides is 2. The van der Waals surface area contributed by atoms with Crippen molar-refractivity contribution in [1.82, 2.24) is 14.7 Å². The van der Waals surface area contributed by atoms with Gasteiger partial charge in [0.15, 0.2) is 0 Å². The maximum atomic E-state index is 12.4. The lowest BCUT2D eigenvalue weighted by atomic mass is 10.3. The lowest BCUT2D eigenvalue weighted by Crippen LogP contribution is -2.45. The van der Waals surface area contributed by atoms with Gasteiger partial charge >= 0.3 is 12.0 Å². The molecule has 0 atom stereocenters. The molecule has 1 aliphatic heterocycles. The van der Waals surface area contributed by atoms with Gasteiger partial charge in [-0.1, -0.05) is 0 Å². The first-order valence-corrected chi connectivity index (χ1v) is 7.17. The Bertz CT molecular complexity index is 325. The second kappa shape index (κ2) is 8.76. The number of carboxylic acid groups (broad SMARTS) is 1. The summed E-state index contributed by atoms with van der Waals surface area (Å²) in [6.45, 7) is 6.34. The Kier molecular flexibility index (Phi) is 7.32. The van der Waals surface area contributed by atoms with E-state index in [0.29, 0.717) is 26.2 Å². The Morgan fingerprint density at radius 1 is 1.20 bits per heavy atom. The van der Waals surface area contributed by atoms with Crippen LogP contribution in [-0.2, 0) is 4.79 Å². The molecule has 2 amide bonds. The number of carbonyl (C=O) groups excluding carboxylic acids is 1. The van der Waals surface area contributed by atoms with Gasteiger partial charge in [-0.05, 0) is 19.9 Å². The van der Waals surface area contributed by atoms with Gasteiger partial charge in [0.05, 0.1) is 13.0 Å². The van der Waals surface area contributed by atoms with Crippen LogP contribution in [0.4, 0.5) is 4.79 Å². The van der Waals surface area contributed by atoms with Crippen molar-refractivity contribution in [2.24, 2.45) is 0 Å². The van der Waals surface area contributed by atoms with Crippen LogP contribution in [0.1, 0.15) is 19.8 Å². The van der Waals surface area contributed by atoms with Gasteiger partial charge in [0.25, 0.3) is 0 Å². The first-order valence-electron chi connectivity index (χ1n) is 7.17. The largest absolute Gasteiger partial charge is 0.481 e. The zero-order chi connectivity index (χ0) is 15.0. The summed E-state index contributed by atoms with van der Waals surface area (Å²) >= 11 is 0. The van der Waals surface area contributed by atoms with Gasteiger partial charge in [0.1, 0.15) is 0 Å². The Morgan fingerprint density at radius 3 is 2.55 bits per heavy atom. The average molecular weight is 287 g/mol. The summed E-state index contributed by atoms with van der Waals surface area (Å²) in [6.07, 6.45) is 0.853. The number of carbonyl (C=O) groups is 2. The molecule has 0 aliphatic carbocycles. The van der Waals surface area contributed by atoms with Crippen LogP contribution in [0, 0.1) is 0 Å². The molecule has 0 spiro atoms. The molecule has 0 aromatic rings. The van der Waals surface area contributed by atoms with Gasteiger partial charge in [0, 0.05) is 39.3 Å². The monoisotopic (exact) mass is 287 g/mol. The first kappa shape index (κ1) is 16.7. The molecule has 0 unspecified atom stereocenters. The summed E-state index contributed by atoms with van der Waals surface area (Å²) in [6, 6.07) is -0.0837. The zero-order valence-electron chi connectivity index (χ0n) is 12.1. The smallest absolute Gasteiger partial charge is 0.320 e. The number of aliphatic hydroxyl groups is 1. The fourth-order valence-corrected chi connectivity index (χ4v) is 2.35. The van der Waals surface area contributed by atoms with Crippen LogP contribution in [0.5, 0.6) is 0 Å². The Hall–Kier alpha value is -1.34. The van der Waals surface area contributed by atoms with Crippen LogP contribution in [0.15, 0.2) is 0 Å². The molecule has 7 heteroatoms. The highest BCUT2D eigenvalue weighted by molar-refractivity contribution is 5.75. The van der Waals surface area contributed by atoms with E-state index in [4.69, 9.17) is 10.2 Å². The van der Waals surface area contributed by atoms with E-state index in [1.54, 1.807) is 9.80 Å². The number of hydrogen-bond acceptors (Lipinski definition) is 4. The average Bonchev–Trinajstić information content (AvgIpc) is 2.65. The molecular weight excluding hydrogens is 262 g/mol. The van der Waals surface area contributed by atoms with E-state index >= 15 is 0 Å². The van der Waals surface area contributed by atoms with Crippen LogP contribution < -0.4 is 0 Å². The Balaban J connectivity index is 2.50. The summed E-state index contributed by atoms with van der Waals surface area (Å²) in [7, 11) is 0. The van der Waals surface area contributed by atoms with E-state index in [-0.39, 0.29) is 25.6 Å². The number of aliphatic carboxylic acids is 1. The molecule has 0 radical (unpaired) electrons. The Morgan fingerprint density at radius 2 is 1.95 bits per heavy atom. The topological polar surface area (TPSA) is 84.3 Å². The highest BCUT2D eigenvalue weighted by Gasteiger charge is 2.22. The van der Waals surface area contributed by atoms with Crippen molar-refractivity contribution >= 4 is 12.0 Å². The zero-order valence-corrected chi connectivity index (χ0v) is 12.1. The molecular formula is C13H25N3O4. The van der Waals surface area contributed by atoms with Crippen LogP contribution in [0.3, 0.4) is 0 Å². The molecule has 1 saturated heterocycles. The summed E-state index contributed by atoms with van der Waals surface area (Å²) in [5.74, 6) is -0.888. The number of urea groups is 1. The van der Waals surface area contributed by atoms with Crippen molar-refractivity contribution in [2.75, 3.05) is 52.4 Å². The quantitative estimate of drug-likeness (QED) is 0.713. The van der Waals surface area contributed by atoms with E-state index in [2.05, 4.69) is 4.90 Å². The number of β-amino-alcohol motifs (C(OH)–C–C–N with tert-alkyl or cyclic N) is 1. The third-order valence-corrected chi connectivity index (χ3v) is 3.52. The van der Waals surface area contributed by atoms with Crippen LogP contribution in [0.2, 0.25) is 0 Å². The van der Waals surface area contributed by atoms with Gasteiger partial charge < -0.3 is 20.0 Å². The summed E-state index contributed by atoms with van der Waals surface area (Å²) in [5.41, 5.74) is 0. The minimum Gasteiger partial charge on any atom is -0.481 e. The maximum absolute atomic E-state index is 12.4. The molecule has 0 aromatic carbocycles. The van der Waals surface area contributed by atoms with Gasteiger partial charge in [0.2, 0.25) is 0 Å². The van der Waals surface area contributed by atoms with Crippen molar-refractivity contribution < 1.29 is 19.8 Å². The fraction of sp³-hybridized carbons (Fsp3) is 0.846. The minimum absolute atomic E-state index is 0.0238. The van der Waals surface area contributed by atoms with Crippen molar-refractivity contribution in [3.05, 3.63) is 0 Å². The van der Waals surface area contributed by atoms with E-state index in [1.807, 2.05) is 6.92 Å². The van der Waals surface area contributed by atoms with Gasteiger partial charge in [-0.3, -0.25) is 9.69 Å². The molecule has 0 bridgehead atoms. The number of aliphatic hydroxyl groups excluding tert-OH is 1. The van der Waals surface area contributed by atoms with Gasteiger partial charge in [-0.2, -0.15) is 0 Å². The van der Waals surface area contributed by atoms with Crippen LogP contribution in [-0.4, -0.2) is 89.3 Å². The van der Waals surface area contributed by atoms with Crippen molar-refractivity contribution in [3.63, 3.8) is 0 Å². The lowest BCUT2D eigenvalue weighted by Gasteiger charge is -2.29. The third-order valence-electron chi connectivity index (χ3n) is 3.52. The highest BCUT2D eigenvalue weighted by atomic mass is 16.4. The van der Waals surface area contributed by atoms with Crippen molar-refractivity contribution in [3.8, 4) is 0 Å². The molecule has 1 aliphatic rings. The van der Waals surface area contributed by atoms with Gasteiger partial charge in [-0.25, -0.2) is 4.79 Å². The van der Waals surface area contributed by atoms with Crippen LogP contribution >= 0.6 is 0 Å². The number of carboxylic acids is 1. The van der Waals surface area contributed by atoms with Gasteiger partial charge in [-0.15, -0.1) is 0 Å². The maximum Gasteiger partial charge on any atom is 0.320 e. The predicted octanol–water partition coefficient (Wildman–Crippen LogP) is -0.0970. The molecule has 1 rings (SSSR count). The number of rotatable bonds is 6. The molecule has 0 saturated carbocycles. The van der Waals surface area contributed by atoms with E-state index in [9.17, 15) is 9.59 Å². The van der Waals surface area contributed by atoms with E-state index < -0.39 is 5.97 Å². The molecule has 7 nitrogen and oxygen atoms in total. The lowest BCUT2D eigenvalue weighted by molar-refractivity contribution is -0.137. The predicted molar refractivity (Wildman–Crippen MR) is 74.6 cm³/mol. The molecule has 1 heterocycles. The number of hydrogen-bond donors (Lipinski definition) is 2. The van der Waals surface area contributed by atoms with E-state index in [1.165, 1.54) is 0 Å². The van der Waals surface area contributed by atoms with E-state index in [0.717, 1.165) is 19.5 Å². The molecule has 116 valence electrons. The molecule has 1 fully saturated rings. The molecule has 0 aromatic heterocycles.